The molecule has 0 amide bonds. The van der Waals surface area contributed by atoms with Crippen LogP contribution in [0.5, 0.6) is 0 Å². The van der Waals surface area contributed by atoms with Crippen LogP contribution in [-0.2, 0) is 4.74 Å². The molecule has 2 saturated heterocycles. The zero-order valence-corrected chi connectivity index (χ0v) is 13.2. The molecule has 0 saturated carbocycles. The smallest absolute Gasteiger partial charge is 0.0637 e. The average Bonchev–Trinajstić information content (AvgIpc) is 2.39. The highest BCUT2D eigenvalue weighted by Crippen LogP contribution is 2.35. The van der Waals surface area contributed by atoms with E-state index in [1.807, 2.05) is 0 Å². The fourth-order valence-corrected chi connectivity index (χ4v) is 3.68. The van der Waals surface area contributed by atoms with E-state index in [9.17, 15) is 0 Å². The van der Waals surface area contributed by atoms with Crippen molar-refractivity contribution in [3.05, 3.63) is 0 Å². The molecule has 0 radical (unpaired) electrons. The van der Waals surface area contributed by atoms with E-state index < -0.39 is 0 Å². The molecule has 0 aromatic carbocycles. The molecule has 0 aliphatic carbocycles. The van der Waals surface area contributed by atoms with Crippen molar-refractivity contribution in [2.24, 2.45) is 11.3 Å². The molecule has 2 aliphatic heterocycles. The predicted molar refractivity (Wildman–Crippen MR) is 80.4 cm³/mol. The molecular formula is C16H32N2O. The third-order valence-corrected chi connectivity index (χ3v) is 5.02. The van der Waals surface area contributed by atoms with Crippen LogP contribution in [0.4, 0.5) is 0 Å². The van der Waals surface area contributed by atoms with Gasteiger partial charge in [-0.3, -0.25) is 4.90 Å². The summed E-state index contributed by atoms with van der Waals surface area (Å²) in [7, 11) is 0. The maximum Gasteiger partial charge on any atom is 0.0637 e. The molecule has 3 nitrogen and oxygen atoms in total. The van der Waals surface area contributed by atoms with Crippen LogP contribution in [0.25, 0.3) is 0 Å². The number of hydrogen-bond donors (Lipinski definition) is 1. The Hall–Kier alpha value is -0.120. The van der Waals surface area contributed by atoms with E-state index in [0.717, 1.165) is 32.1 Å². The Morgan fingerprint density at radius 1 is 1.16 bits per heavy atom. The zero-order valence-electron chi connectivity index (χ0n) is 13.2. The lowest BCUT2D eigenvalue weighted by molar-refractivity contribution is -0.0216. The fraction of sp³-hybridized carbons (Fsp3) is 1.00. The van der Waals surface area contributed by atoms with Crippen molar-refractivity contribution < 1.29 is 4.74 Å². The Morgan fingerprint density at radius 3 is 2.42 bits per heavy atom. The lowest BCUT2D eigenvalue weighted by Crippen LogP contribution is -2.57. The molecule has 2 fully saturated rings. The molecule has 0 aromatic rings. The number of piperidine rings is 1. The molecule has 2 rings (SSSR count). The molecule has 19 heavy (non-hydrogen) atoms. The number of likely N-dealkylation sites (N-methyl/N-ethyl adjacent to an activating group) is 1. The van der Waals surface area contributed by atoms with Gasteiger partial charge in [0.1, 0.15) is 0 Å². The monoisotopic (exact) mass is 268 g/mol. The van der Waals surface area contributed by atoms with Crippen molar-refractivity contribution in [3.63, 3.8) is 0 Å². The summed E-state index contributed by atoms with van der Waals surface area (Å²) in [6.45, 7) is 14.8. The van der Waals surface area contributed by atoms with Gasteiger partial charge in [-0.1, -0.05) is 27.7 Å². The van der Waals surface area contributed by atoms with Crippen LogP contribution in [0.3, 0.4) is 0 Å². The summed E-state index contributed by atoms with van der Waals surface area (Å²) < 4.78 is 5.72. The van der Waals surface area contributed by atoms with Gasteiger partial charge in [-0.15, -0.1) is 0 Å². The Morgan fingerprint density at radius 2 is 1.84 bits per heavy atom. The van der Waals surface area contributed by atoms with Gasteiger partial charge in [0.05, 0.1) is 6.61 Å². The highest BCUT2D eigenvalue weighted by atomic mass is 16.5. The SMILES string of the molecule is CCNC1CCOCC1N1CCC(C(C)(C)C)CC1. The van der Waals surface area contributed by atoms with Crippen LogP contribution in [0.2, 0.25) is 0 Å². The topological polar surface area (TPSA) is 24.5 Å². The molecule has 0 spiro atoms. The number of nitrogens with zero attached hydrogens (tertiary/aromatic N) is 1. The first-order valence-electron chi connectivity index (χ1n) is 8.07. The summed E-state index contributed by atoms with van der Waals surface area (Å²) in [4.78, 5) is 2.68. The molecule has 2 unspecified atom stereocenters. The second-order valence-electron chi connectivity index (χ2n) is 7.27. The van der Waals surface area contributed by atoms with E-state index in [1.54, 1.807) is 0 Å². The maximum absolute atomic E-state index is 5.72. The van der Waals surface area contributed by atoms with Gasteiger partial charge in [0, 0.05) is 18.7 Å². The molecule has 0 aromatic heterocycles. The van der Waals surface area contributed by atoms with Crippen molar-refractivity contribution in [2.45, 2.75) is 59.0 Å². The summed E-state index contributed by atoms with van der Waals surface area (Å²) in [5, 5.41) is 3.65. The van der Waals surface area contributed by atoms with E-state index in [0.29, 0.717) is 17.5 Å². The van der Waals surface area contributed by atoms with Crippen molar-refractivity contribution >= 4 is 0 Å². The quantitative estimate of drug-likeness (QED) is 0.851. The average molecular weight is 268 g/mol. The first-order chi connectivity index (χ1) is 9.02. The third kappa shape index (κ3) is 3.93. The van der Waals surface area contributed by atoms with Gasteiger partial charge in [-0.25, -0.2) is 0 Å². The van der Waals surface area contributed by atoms with Crippen molar-refractivity contribution in [3.8, 4) is 0 Å². The van der Waals surface area contributed by atoms with Gasteiger partial charge in [0.15, 0.2) is 0 Å². The third-order valence-electron chi connectivity index (χ3n) is 5.02. The van der Waals surface area contributed by atoms with Gasteiger partial charge < -0.3 is 10.1 Å². The minimum absolute atomic E-state index is 0.468. The van der Waals surface area contributed by atoms with Crippen molar-refractivity contribution in [1.82, 2.24) is 10.2 Å². The minimum atomic E-state index is 0.468. The van der Waals surface area contributed by atoms with Gasteiger partial charge in [0.2, 0.25) is 0 Å². The van der Waals surface area contributed by atoms with Crippen molar-refractivity contribution in [2.75, 3.05) is 32.8 Å². The molecule has 2 atom stereocenters. The summed E-state index contributed by atoms with van der Waals surface area (Å²) in [6, 6.07) is 1.22. The van der Waals surface area contributed by atoms with Gasteiger partial charge >= 0.3 is 0 Å². The number of nitrogens with one attached hydrogen (secondary N) is 1. The first kappa shape index (κ1) is 15.3. The van der Waals surface area contributed by atoms with Gasteiger partial charge in [0.25, 0.3) is 0 Å². The normalized spacial score (nSPS) is 31.6. The summed E-state index contributed by atoms with van der Waals surface area (Å²) in [6.07, 6.45) is 3.86. The van der Waals surface area contributed by atoms with E-state index in [2.05, 4.69) is 37.9 Å². The van der Waals surface area contributed by atoms with Crippen LogP contribution >= 0.6 is 0 Å². The zero-order chi connectivity index (χ0) is 13.9. The number of ether oxygens (including phenoxy) is 1. The highest BCUT2D eigenvalue weighted by Gasteiger charge is 2.35. The Labute approximate surface area is 119 Å². The molecular weight excluding hydrogens is 236 g/mol. The molecule has 112 valence electrons. The van der Waals surface area contributed by atoms with E-state index in [1.165, 1.54) is 25.9 Å². The Kier molecular flexibility index (Phi) is 5.27. The molecule has 3 heteroatoms. The Bertz CT molecular complexity index is 264. The van der Waals surface area contributed by atoms with Crippen LogP contribution in [-0.4, -0.2) is 49.8 Å². The predicted octanol–water partition coefficient (Wildman–Crippen LogP) is 2.51. The second-order valence-corrected chi connectivity index (χ2v) is 7.27. The number of likely N-dealkylation sites (tertiary alicyclic amines) is 1. The van der Waals surface area contributed by atoms with Crippen LogP contribution in [0, 0.1) is 11.3 Å². The summed E-state index contributed by atoms with van der Waals surface area (Å²) in [5.41, 5.74) is 0.468. The maximum atomic E-state index is 5.72. The largest absolute Gasteiger partial charge is 0.380 e. The Balaban J connectivity index is 1.88. The lowest BCUT2D eigenvalue weighted by atomic mass is 9.75. The molecule has 1 N–H and O–H groups in total. The summed E-state index contributed by atoms with van der Waals surface area (Å²) >= 11 is 0. The van der Waals surface area contributed by atoms with Gasteiger partial charge in [-0.05, 0) is 50.2 Å². The molecule has 2 aliphatic rings. The van der Waals surface area contributed by atoms with Gasteiger partial charge in [-0.2, -0.15) is 0 Å². The molecule has 2 heterocycles. The fourth-order valence-electron chi connectivity index (χ4n) is 3.68. The van der Waals surface area contributed by atoms with Crippen LogP contribution in [0.1, 0.15) is 47.0 Å². The van der Waals surface area contributed by atoms with E-state index >= 15 is 0 Å². The first-order valence-corrected chi connectivity index (χ1v) is 8.07. The second kappa shape index (κ2) is 6.55. The van der Waals surface area contributed by atoms with Crippen LogP contribution < -0.4 is 5.32 Å². The van der Waals surface area contributed by atoms with Crippen molar-refractivity contribution in [1.29, 1.82) is 0 Å². The summed E-state index contributed by atoms with van der Waals surface area (Å²) in [5.74, 6) is 0.880. The van der Waals surface area contributed by atoms with E-state index in [4.69, 9.17) is 4.74 Å². The van der Waals surface area contributed by atoms with Crippen LogP contribution in [0.15, 0.2) is 0 Å². The molecule has 0 bridgehead atoms. The van der Waals surface area contributed by atoms with E-state index in [-0.39, 0.29) is 0 Å². The number of rotatable bonds is 3. The lowest BCUT2D eigenvalue weighted by Gasteiger charge is -2.45. The standard InChI is InChI=1S/C16H32N2O/c1-5-17-14-8-11-19-12-15(14)18-9-6-13(7-10-18)16(2,3)4/h13-15,17H,5-12H2,1-4H3. The minimum Gasteiger partial charge on any atom is -0.380 e. The highest BCUT2D eigenvalue weighted by molar-refractivity contribution is 4.90. The number of hydrogen-bond acceptors (Lipinski definition) is 3.